The van der Waals surface area contributed by atoms with Crippen molar-refractivity contribution >= 4 is 29.7 Å². The molecule has 18 heavy (non-hydrogen) atoms. The zero-order valence-corrected chi connectivity index (χ0v) is 12.3. The Balaban J connectivity index is 0.00000162. The van der Waals surface area contributed by atoms with Crippen molar-refractivity contribution in [2.75, 3.05) is 5.73 Å². The van der Waals surface area contributed by atoms with E-state index in [9.17, 15) is 0 Å². The molecule has 0 aromatic heterocycles. The van der Waals surface area contributed by atoms with E-state index in [1.807, 2.05) is 13.0 Å². The monoisotopic (exact) mass is 281 g/mol. The van der Waals surface area contributed by atoms with Gasteiger partial charge in [-0.3, -0.25) is 0 Å². The molecule has 2 aromatic carbocycles. The quantitative estimate of drug-likeness (QED) is 0.737. The van der Waals surface area contributed by atoms with Crippen molar-refractivity contribution in [3.8, 4) is 11.1 Å². The van der Waals surface area contributed by atoms with Crippen LogP contribution in [0.3, 0.4) is 0 Å². The third-order valence-electron chi connectivity index (χ3n) is 3.04. The molecule has 0 aliphatic rings. The Labute approximate surface area is 119 Å². The largest absolute Gasteiger partial charge is 0.398 e. The number of hydrogen-bond donors (Lipinski definition) is 1. The van der Waals surface area contributed by atoms with Crippen molar-refractivity contribution in [1.82, 2.24) is 0 Å². The summed E-state index contributed by atoms with van der Waals surface area (Å²) >= 11 is 6.28. The Morgan fingerprint density at radius 3 is 2.22 bits per heavy atom. The fourth-order valence-corrected chi connectivity index (χ4v) is 2.20. The van der Waals surface area contributed by atoms with Crippen LogP contribution in [0.4, 0.5) is 5.69 Å². The highest BCUT2D eigenvalue weighted by molar-refractivity contribution is 6.33. The molecule has 0 saturated carbocycles. The number of benzene rings is 2. The molecule has 0 unspecified atom stereocenters. The predicted molar refractivity (Wildman–Crippen MR) is 82.8 cm³/mol. The standard InChI is InChI=1S/C15H16ClN.ClH/c1-9-4-5-10(2)12(6-9)13-7-11(3)15(17)8-14(13)16;/h4-8H,17H2,1-3H3;1H. The molecular formula is C15H17Cl2N. The highest BCUT2D eigenvalue weighted by Crippen LogP contribution is 2.34. The van der Waals surface area contributed by atoms with Crippen LogP contribution < -0.4 is 5.73 Å². The molecule has 2 aromatic rings. The molecule has 0 atom stereocenters. The molecule has 0 radical (unpaired) electrons. The second-order valence-electron chi connectivity index (χ2n) is 4.51. The Bertz CT molecular complexity index is 577. The van der Waals surface area contributed by atoms with Crippen LogP contribution in [-0.4, -0.2) is 0 Å². The molecule has 2 N–H and O–H groups in total. The first kappa shape index (κ1) is 14.9. The average Bonchev–Trinajstić information content (AvgIpc) is 2.27. The Morgan fingerprint density at radius 2 is 1.56 bits per heavy atom. The topological polar surface area (TPSA) is 26.0 Å². The van der Waals surface area contributed by atoms with Crippen LogP contribution in [0.2, 0.25) is 5.02 Å². The van der Waals surface area contributed by atoms with Gasteiger partial charge in [0.1, 0.15) is 0 Å². The van der Waals surface area contributed by atoms with Crippen molar-refractivity contribution in [1.29, 1.82) is 0 Å². The highest BCUT2D eigenvalue weighted by atomic mass is 35.5. The van der Waals surface area contributed by atoms with E-state index in [1.54, 1.807) is 0 Å². The molecule has 0 aliphatic heterocycles. The minimum Gasteiger partial charge on any atom is -0.398 e. The SMILES string of the molecule is Cc1ccc(C)c(-c2cc(C)c(N)cc2Cl)c1.Cl. The van der Waals surface area contributed by atoms with Gasteiger partial charge in [-0.2, -0.15) is 0 Å². The van der Waals surface area contributed by atoms with E-state index < -0.39 is 0 Å². The number of anilines is 1. The summed E-state index contributed by atoms with van der Waals surface area (Å²) < 4.78 is 0. The van der Waals surface area contributed by atoms with Crippen molar-refractivity contribution in [2.45, 2.75) is 20.8 Å². The van der Waals surface area contributed by atoms with Gasteiger partial charge in [0.25, 0.3) is 0 Å². The van der Waals surface area contributed by atoms with Gasteiger partial charge in [0, 0.05) is 11.3 Å². The van der Waals surface area contributed by atoms with E-state index in [0.717, 1.165) is 16.8 Å². The fraction of sp³-hybridized carbons (Fsp3) is 0.200. The zero-order valence-electron chi connectivity index (χ0n) is 10.8. The third-order valence-corrected chi connectivity index (χ3v) is 3.35. The van der Waals surface area contributed by atoms with E-state index >= 15 is 0 Å². The van der Waals surface area contributed by atoms with Gasteiger partial charge in [0.05, 0.1) is 5.02 Å². The van der Waals surface area contributed by atoms with Crippen molar-refractivity contribution in [2.24, 2.45) is 0 Å². The third kappa shape index (κ3) is 2.80. The molecule has 0 heterocycles. The van der Waals surface area contributed by atoms with E-state index in [4.69, 9.17) is 17.3 Å². The first-order valence-corrected chi connectivity index (χ1v) is 6.00. The maximum atomic E-state index is 6.28. The molecule has 0 bridgehead atoms. The van der Waals surface area contributed by atoms with E-state index in [1.165, 1.54) is 16.7 Å². The lowest BCUT2D eigenvalue weighted by Crippen LogP contribution is -1.92. The normalized spacial score (nSPS) is 10.0. The van der Waals surface area contributed by atoms with Crippen molar-refractivity contribution < 1.29 is 0 Å². The lowest BCUT2D eigenvalue weighted by atomic mass is 9.96. The van der Waals surface area contributed by atoms with Crippen LogP contribution >= 0.6 is 24.0 Å². The molecule has 0 saturated heterocycles. The summed E-state index contributed by atoms with van der Waals surface area (Å²) in [4.78, 5) is 0. The lowest BCUT2D eigenvalue weighted by molar-refractivity contribution is 1.38. The van der Waals surface area contributed by atoms with Crippen molar-refractivity contribution in [3.63, 3.8) is 0 Å². The second-order valence-corrected chi connectivity index (χ2v) is 4.91. The van der Waals surface area contributed by atoms with Gasteiger partial charge in [0.2, 0.25) is 0 Å². The predicted octanol–water partition coefficient (Wildman–Crippen LogP) is 4.94. The number of halogens is 2. The molecule has 0 fully saturated rings. The summed E-state index contributed by atoms with van der Waals surface area (Å²) in [5.41, 5.74) is 12.3. The smallest absolute Gasteiger partial charge is 0.0505 e. The van der Waals surface area contributed by atoms with E-state index in [0.29, 0.717) is 5.02 Å². The van der Waals surface area contributed by atoms with Gasteiger partial charge in [-0.15, -0.1) is 12.4 Å². The molecule has 2 rings (SSSR count). The molecule has 1 nitrogen and oxygen atoms in total. The van der Waals surface area contributed by atoms with E-state index in [-0.39, 0.29) is 12.4 Å². The molecule has 0 amide bonds. The van der Waals surface area contributed by atoms with Crippen LogP contribution in [0.5, 0.6) is 0 Å². The van der Waals surface area contributed by atoms with Gasteiger partial charge >= 0.3 is 0 Å². The summed E-state index contributed by atoms with van der Waals surface area (Å²) in [5.74, 6) is 0. The van der Waals surface area contributed by atoms with Crippen molar-refractivity contribution in [3.05, 3.63) is 52.0 Å². The van der Waals surface area contributed by atoms with Gasteiger partial charge < -0.3 is 5.73 Å². The molecule has 0 aliphatic carbocycles. The van der Waals surface area contributed by atoms with Crippen LogP contribution in [-0.2, 0) is 0 Å². The minimum atomic E-state index is 0. The summed E-state index contributed by atoms with van der Waals surface area (Å²) in [7, 11) is 0. The number of nitrogen functional groups attached to an aromatic ring is 1. The molecular weight excluding hydrogens is 265 g/mol. The number of hydrogen-bond acceptors (Lipinski definition) is 1. The first-order chi connectivity index (χ1) is 7.99. The van der Waals surface area contributed by atoms with Gasteiger partial charge in [-0.25, -0.2) is 0 Å². The fourth-order valence-electron chi connectivity index (χ4n) is 1.93. The summed E-state index contributed by atoms with van der Waals surface area (Å²) in [6.07, 6.45) is 0. The molecule has 0 spiro atoms. The zero-order chi connectivity index (χ0) is 12.6. The van der Waals surface area contributed by atoms with Crippen LogP contribution in [0.25, 0.3) is 11.1 Å². The Hall–Kier alpha value is -1.18. The molecule has 3 heteroatoms. The van der Waals surface area contributed by atoms with E-state index in [2.05, 4.69) is 38.1 Å². The van der Waals surface area contributed by atoms with Gasteiger partial charge in [-0.1, -0.05) is 35.4 Å². The van der Waals surface area contributed by atoms with Gasteiger partial charge in [0.15, 0.2) is 0 Å². The number of aryl methyl sites for hydroxylation is 3. The maximum absolute atomic E-state index is 6.28. The maximum Gasteiger partial charge on any atom is 0.0505 e. The van der Waals surface area contributed by atoms with Crippen LogP contribution in [0, 0.1) is 20.8 Å². The summed E-state index contributed by atoms with van der Waals surface area (Å²) in [6.45, 7) is 6.18. The number of nitrogens with two attached hydrogens (primary N) is 1. The van der Waals surface area contributed by atoms with Crippen LogP contribution in [0.1, 0.15) is 16.7 Å². The van der Waals surface area contributed by atoms with Crippen LogP contribution in [0.15, 0.2) is 30.3 Å². The first-order valence-electron chi connectivity index (χ1n) is 5.62. The lowest BCUT2D eigenvalue weighted by Gasteiger charge is -2.11. The minimum absolute atomic E-state index is 0. The summed E-state index contributed by atoms with van der Waals surface area (Å²) in [5, 5.41) is 0.710. The Morgan fingerprint density at radius 1 is 0.889 bits per heavy atom. The number of rotatable bonds is 1. The molecule has 96 valence electrons. The second kappa shape index (κ2) is 5.64. The van der Waals surface area contributed by atoms with Gasteiger partial charge in [-0.05, 0) is 49.6 Å². The highest BCUT2D eigenvalue weighted by Gasteiger charge is 2.09. The average molecular weight is 282 g/mol. The summed E-state index contributed by atoms with van der Waals surface area (Å²) in [6, 6.07) is 10.3. The Kier molecular flexibility index (Phi) is 4.66.